The minimum atomic E-state index is -0.744. The zero-order chi connectivity index (χ0) is 18.8. The lowest BCUT2D eigenvalue weighted by Gasteiger charge is -2.14. The molecule has 0 aliphatic heterocycles. The van der Waals surface area contributed by atoms with E-state index in [2.05, 4.69) is 9.97 Å². The van der Waals surface area contributed by atoms with Gasteiger partial charge in [0, 0.05) is 11.1 Å². The molecule has 1 aromatic heterocycles. The summed E-state index contributed by atoms with van der Waals surface area (Å²) < 4.78 is 5.47. The molecular weight excluding hydrogens is 364 g/mol. The molecule has 1 N–H and O–H groups in total. The van der Waals surface area contributed by atoms with Gasteiger partial charge in [0.1, 0.15) is 11.7 Å². The van der Waals surface area contributed by atoms with Crippen LogP contribution in [0.2, 0.25) is 5.02 Å². The highest BCUT2D eigenvalue weighted by atomic mass is 35.5. The fourth-order valence-electron chi connectivity index (χ4n) is 2.88. The first-order valence-corrected chi connectivity index (χ1v) is 8.76. The second-order valence-corrected chi connectivity index (χ2v) is 6.51. The molecule has 4 rings (SSSR count). The van der Waals surface area contributed by atoms with E-state index < -0.39 is 11.9 Å². The molecule has 0 saturated carbocycles. The normalized spacial score (nSPS) is 12.2. The van der Waals surface area contributed by atoms with Gasteiger partial charge in [0.25, 0.3) is 0 Å². The van der Waals surface area contributed by atoms with Crippen LogP contribution >= 0.6 is 11.6 Å². The number of benzene rings is 3. The van der Waals surface area contributed by atoms with Crippen molar-refractivity contribution in [1.29, 1.82) is 0 Å². The number of aliphatic hydroxyl groups is 1. The Kier molecular flexibility index (Phi) is 4.71. The van der Waals surface area contributed by atoms with Gasteiger partial charge in [-0.25, -0.2) is 9.97 Å². The molecule has 0 bridgehead atoms. The van der Waals surface area contributed by atoms with Crippen LogP contribution < -0.4 is 4.74 Å². The zero-order valence-electron chi connectivity index (χ0n) is 14.2. The predicted octanol–water partition coefficient (Wildman–Crippen LogP) is 4.12. The van der Waals surface area contributed by atoms with E-state index in [1.54, 1.807) is 48.5 Å². The van der Waals surface area contributed by atoms with Crippen molar-refractivity contribution in [3.63, 3.8) is 0 Å². The Balaban J connectivity index is 1.64. The van der Waals surface area contributed by atoms with Gasteiger partial charge in [-0.1, -0.05) is 41.9 Å². The minimum absolute atomic E-state index is 0.332. The summed E-state index contributed by atoms with van der Waals surface area (Å²) in [7, 11) is 0. The smallest absolute Gasteiger partial charge is 0.321 e. The average molecular weight is 379 g/mol. The van der Waals surface area contributed by atoms with E-state index in [4.69, 9.17) is 16.3 Å². The maximum Gasteiger partial charge on any atom is 0.321 e. The summed E-state index contributed by atoms with van der Waals surface area (Å²) in [5.74, 6) is -0.917. The third-order valence-electron chi connectivity index (χ3n) is 4.25. The molecule has 4 aromatic rings. The Hall–Kier alpha value is -3.02. The Labute approximate surface area is 160 Å². The van der Waals surface area contributed by atoms with E-state index in [1.807, 2.05) is 18.2 Å². The number of hydrogen-bond donors (Lipinski definition) is 1. The predicted molar refractivity (Wildman–Crippen MR) is 104 cm³/mol. The average Bonchev–Trinajstić information content (AvgIpc) is 2.68. The van der Waals surface area contributed by atoms with Crippen molar-refractivity contribution in [3.05, 3.63) is 77.3 Å². The van der Waals surface area contributed by atoms with Gasteiger partial charge < -0.3 is 9.84 Å². The zero-order valence-corrected chi connectivity index (χ0v) is 14.9. The third kappa shape index (κ3) is 3.60. The van der Waals surface area contributed by atoms with Crippen LogP contribution in [0, 0.1) is 0 Å². The maximum atomic E-state index is 12.5. The number of aromatic nitrogens is 2. The second-order valence-electron chi connectivity index (χ2n) is 6.07. The molecule has 27 heavy (non-hydrogen) atoms. The number of nitrogens with zero attached hydrogens (tertiary/aromatic N) is 2. The van der Waals surface area contributed by atoms with Crippen LogP contribution in [0.4, 0.5) is 0 Å². The van der Waals surface area contributed by atoms with Crippen molar-refractivity contribution in [2.75, 3.05) is 6.61 Å². The molecule has 0 fully saturated rings. The number of aliphatic hydroxyl groups excluding tert-OH is 1. The van der Waals surface area contributed by atoms with Crippen LogP contribution in [0.25, 0.3) is 22.1 Å². The van der Waals surface area contributed by atoms with Crippen molar-refractivity contribution in [1.82, 2.24) is 9.97 Å². The molecule has 5 nitrogen and oxygen atoms in total. The van der Waals surface area contributed by atoms with Crippen molar-refractivity contribution in [2.45, 2.75) is 5.92 Å². The van der Waals surface area contributed by atoms with Crippen molar-refractivity contribution >= 4 is 39.6 Å². The summed E-state index contributed by atoms with van der Waals surface area (Å²) in [6.45, 7) is -0.332. The quantitative estimate of drug-likeness (QED) is 0.328. The highest BCUT2D eigenvalue weighted by Gasteiger charge is 2.22. The summed E-state index contributed by atoms with van der Waals surface area (Å²) in [4.78, 5) is 21.6. The first-order chi connectivity index (χ1) is 13.1. The van der Waals surface area contributed by atoms with Crippen LogP contribution in [-0.2, 0) is 4.79 Å². The molecule has 1 unspecified atom stereocenters. The monoisotopic (exact) mass is 378 g/mol. The lowest BCUT2D eigenvalue weighted by atomic mass is 10.0. The summed E-state index contributed by atoms with van der Waals surface area (Å²) in [5.41, 5.74) is 3.38. The highest BCUT2D eigenvalue weighted by Crippen LogP contribution is 2.24. The van der Waals surface area contributed by atoms with Gasteiger partial charge in [0.15, 0.2) is 0 Å². The van der Waals surface area contributed by atoms with Crippen molar-refractivity contribution in [2.24, 2.45) is 0 Å². The molecule has 0 saturated heterocycles. The molecule has 0 amide bonds. The molecular formula is C21H15ClN2O3. The number of esters is 1. The summed E-state index contributed by atoms with van der Waals surface area (Å²) in [6, 6.07) is 19.4. The molecule has 1 atom stereocenters. The Morgan fingerprint density at radius 1 is 0.926 bits per heavy atom. The molecule has 0 radical (unpaired) electrons. The Morgan fingerprint density at radius 2 is 1.59 bits per heavy atom. The van der Waals surface area contributed by atoms with E-state index in [9.17, 15) is 9.90 Å². The molecule has 0 aliphatic rings. The molecule has 134 valence electrons. The van der Waals surface area contributed by atoms with Gasteiger partial charge in [0.05, 0.1) is 28.7 Å². The maximum absolute atomic E-state index is 12.5. The van der Waals surface area contributed by atoms with Gasteiger partial charge in [-0.05, 0) is 35.9 Å². The van der Waals surface area contributed by atoms with Gasteiger partial charge in [0.2, 0.25) is 0 Å². The van der Waals surface area contributed by atoms with E-state index >= 15 is 0 Å². The van der Waals surface area contributed by atoms with Crippen LogP contribution in [0.1, 0.15) is 11.5 Å². The van der Waals surface area contributed by atoms with Gasteiger partial charge >= 0.3 is 5.97 Å². The SMILES string of the molecule is O=C(Oc1ccc2nc3cc(Cl)ccc3nc2c1)C(CO)c1ccccc1. The molecule has 1 heterocycles. The topological polar surface area (TPSA) is 72.3 Å². The van der Waals surface area contributed by atoms with E-state index in [0.29, 0.717) is 38.4 Å². The lowest BCUT2D eigenvalue weighted by molar-refractivity contribution is -0.137. The third-order valence-corrected chi connectivity index (χ3v) is 4.49. The van der Waals surface area contributed by atoms with E-state index in [1.165, 1.54) is 0 Å². The van der Waals surface area contributed by atoms with E-state index in [-0.39, 0.29) is 6.61 Å². The Bertz CT molecular complexity index is 1130. The molecule has 6 heteroatoms. The minimum Gasteiger partial charge on any atom is -0.426 e. The first kappa shape index (κ1) is 17.4. The van der Waals surface area contributed by atoms with E-state index in [0.717, 1.165) is 0 Å². The summed E-state index contributed by atoms with van der Waals surface area (Å²) >= 11 is 6.00. The largest absolute Gasteiger partial charge is 0.426 e. The van der Waals surface area contributed by atoms with Crippen LogP contribution in [0.5, 0.6) is 5.75 Å². The standard InChI is InChI=1S/C21H15ClN2O3/c22-14-6-8-17-19(10-14)23-18-9-7-15(11-20(18)24-17)27-21(26)16(12-25)13-4-2-1-3-5-13/h1-11,16,25H,12H2. The van der Waals surface area contributed by atoms with Gasteiger partial charge in [-0.15, -0.1) is 0 Å². The lowest BCUT2D eigenvalue weighted by Crippen LogP contribution is -2.21. The van der Waals surface area contributed by atoms with Gasteiger partial charge in [-0.3, -0.25) is 4.79 Å². The van der Waals surface area contributed by atoms with Crippen LogP contribution in [0.3, 0.4) is 0 Å². The van der Waals surface area contributed by atoms with Crippen LogP contribution in [-0.4, -0.2) is 27.7 Å². The van der Waals surface area contributed by atoms with Crippen LogP contribution in [0.15, 0.2) is 66.7 Å². The summed E-state index contributed by atoms with van der Waals surface area (Å²) in [5, 5.41) is 10.2. The second kappa shape index (κ2) is 7.31. The number of fused-ring (bicyclic) bond motifs is 2. The number of hydrogen-bond acceptors (Lipinski definition) is 5. The molecule has 3 aromatic carbocycles. The fourth-order valence-corrected chi connectivity index (χ4v) is 3.05. The fraction of sp³-hybridized carbons (Fsp3) is 0.0952. The number of ether oxygens (including phenoxy) is 1. The molecule has 0 aliphatic carbocycles. The number of carbonyl (C=O) groups is 1. The van der Waals surface area contributed by atoms with Crippen molar-refractivity contribution in [3.8, 4) is 5.75 Å². The van der Waals surface area contributed by atoms with Crippen molar-refractivity contribution < 1.29 is 14.6 Å². The summed E-state index contributed by atoms with van der Waals surface area (Å²) in [6.07, 6.45) is 0. The Morgan fingerprint density at radius 3 is 2.30 bits per heavy atom. The highest BCUT2D eigenvalue weighted by molar-refractivity contribution is 6.31. The number of halogens is 1. The molecule has 0 spiro atoms. The first-order valence-electron chi connectivity index (χ1n) is 8.38. The number of carbonyl (C=O) groups excluding carboxylic acids is 1. The van der Waals surface area contributed by atoms with Gasteiger partial charge in [-0.2, -0.15) is 0 Å². The number of rotatable bonds is 4.